The molecule has 0 aromatic heterocycles. The number of ether oxygens (including phenoxy) is 1. The van der Waals surface area contributed by atoms with Crippen molar-refractivity contribution in [3.8, 4) is 0 Å². The number of hydrogen-bond donors (Lipinski definition) is 2. The van der Waals surface area contributed by atoms with E-state index in [1.165, 1.54) is 0 Å². The zero-order valence-electron chi connectivity index (χ0n) is 9.76. The predicted molar refractivity (Wildman–Crippen MR) is 59.4 cm³/mol. The summed E-state index contributed by atoms with van der Waals surface area (Å²) in [6.45, 7) is 8.53. The van der Waals surface area contributed by atoms with Gasteiger partial charge < -0.3 is 20.7 Å². The highest BCUT2D eigenvalue weighted by atomic mass is 16.5. The lowest BCUT2D eigenvalue weighted by atomic mass is 10.4. The van der Waals surface area contributed by atoms with Crippen molar-refractivity contribution in [1.29, 1.82) is 0 Å². The van der Waals surface area contributed by atoms with E-state index in [1.54, 1.807) is 7.11 Å². The van der Waals surface area contributed by atoms with Gasteiger partial charge in [-0.1, -0.05) is 6.92 Å². The number of hydrogen-bond acceptors (Lipinski definition) is 4. The molecule has 0 aliphatic heterocycles. The molecule has 4 heteroatoms. The van der Waals surface area contributed by atoms with Crippen LogP contribution in [-0.4, -0.2) is 31.8 Å². The van der Waals surface area contributed by atoms with Crippen molar-refractivity contribution in [3.05, 3.63) is 11.6 Å². The molecular formula is C10H23N3O. The smallest absolute Gasteiger partial charge is 0.206 e. The molecule has 0 aromatic rings. The Balaban J connectivity index is 4.45. The predicted octanol–water partition coefficient (Wildman–Crippen LogP) is 1.06. The van der Waals surface area contributed by atoms with Crippen LogP contribution in [0.25, 0.3) is 0 Å². The maximum atomic E-state index is 5.61. The van der Waals surface area contributed by atoms with Crippen molar-refractivity contribution in [2.24, 2.45) is 5.73 Å². The summed E-state index contributed by atoms with van der Waals surface area (Å²) in [5.41, 5.74) is 6.67. The van der Waals surface area contributed by atoms with Crippen molar-refractivity contribution in [2.45, 2.75) is 27.2 Å². The second kappa shape index (κ2) is 7.50. The summed E-state index contributed by atoms with van der Waals surface area (Å²) in [6, 6.07) is 0. The molecule has 0 atom stereocenters. The van der Waals surface area contributed by atoms with Crippen LogP contribution in [0.1, 0.15) is 27.2 Å². The van der Waals surface area contributed by atoms with E-state index in [-0.39, 0.29) is 0 Å². The van der Waals surface area contributed by atoms with Gasteiger partial charge in [-0.3, -0.25) is 0 Å². The van der Waals surface area contributed by atoms with Gasteiger partial charge in [0.2, 0.25) is 5.88 Å². The van der Waals surface area contributed by atoms with Gasteiger partial charge in [-0.2, -0.15) is 0 Å². The number of nitrogens with two attached hydrogens (primary N) is 1. The number of nitrogens with one attached hydrogen (secondary N) is 1. The lowest BCUT2D eigenvalue weighted by Gasteiger charge is -2.24. The van der Waals surface area contributed by atoms with Gasteiger partial charge in [0.05, 0.1) is 19.5 Å². The van der Waals surface area contributed by atoms with Crippen LogP contribution >= 0.6 is 0 Å². The SMILES string of the molecule is CCCN/C(OC)=C(/C)N(CC)CN. The van der Waals surface area contributed by atoms with Gasteiger partial charge in [0.15, 0.2) is 0 Å². The second-order valence-corrected chi connectivity index (χ2v) is 3.08. The summed E-state index contributed by atoms with van der Waals surface area (Å²) >= 11 is 0. The van der Waals surface area contributed by atoms with E-state index in [0.29, 0.717) is 6.67 Å². The molecule has 0 unspecified atom stereocenters. The van der Waals surface area contributed by atoms with Gasteiger partial charge in [0.1, 0.15) is 0 Å². The standard InChI is InChI=1S/C10H23N3O/c1-5-7-12-10(14-4)9(3)13(6-2)8-11/h12H,5-8,11H2,1-4H3/b10-9+. The van der Waals surface area contributed by atoms with E-state index < -0.39 is 0 Å². The quantitative estimate of drug-likeness (QED) is 0.478. The molecule has 0 aliphatic carbocycles. The first kappa shape index (κ1) is 13.1. The van der Waals surface area contributed by atoms with Gasteiger partial charge in [-0.05, 0) is 20.3 Å². The topological polar surface area (TPSA) is 50.5 Å². The van der Waals surface area contributed by atoms with Crippen LogP contribution in [0.2, 0.25) is 0 Å². The van der Waals surface area contributed by atoms with Crippen LogP contribution < -0.4 is 11.1 Å². The van der Waals surface area contributed by atoms with Crippen LogP contribution in [0.15, 0.2) is 11.6 Å². The van der Waals surface area contributed by atoms with E-state index in [1.807, 2.05) is 6.92 Å². The first-order valence-electron chi connectivity index (χ1n) is 5.14. The molecule has 0 aliphatic rings. The maximum Gasteiger partial charge on any atom is 0.206 e. The average Bonchev–Trinajstić information content (AvgIpc) is 2.21. The van der Waals surface area contributed by atoms with Crippen molar-refractivity contribution in [3.63, 3.8) is 0 Å². The molecule has 0 aromatic carbocycles. The number of methoxy groups -OCH3 is 1. The van der Waals surface area contributed by atoms with Crippen molar-refractivity contribution in [1.82, 2.24) is 10.2 Å². The molecule has 4 nitrogen and oxygen atoms in total. The van der Waals surface area contributed by atoms with E-state index in [2.05, 4.69) is 24.1 Å². The third-order valence-electron chi connectivity index (χ3n) is 2.14. The van der Waals surface area contributed by atoms with Gasteiger partial charge in [-0.15, -0.1) is 0 Å². The molecule has 0 rings (SSSR count). The zero-order valence-corrected chi connectivity index (χ0v) is 9.76. The Morgan fingerprint density at radius 3 is 2.43 bits per heavy atom. The minimum absolute atomic E-state index is 0.517. The largest absolute Gasteiger partial charge is 0.481 e. The van der Waals surface area contributed by atoms with Gasteiger partial charge in [0.25, 0.3) is 0 Å². The molecule has 14 heavy (non-hydrogen) atoms. The minimum Gasteiger partial charge on any atom is -0.481 e. The number of nitrogens with zero attached hydrogens (tertiary/aromatic N) is 1. The van der Waals surface area contributed by atoms with Crippen molar-refractivity contribution < 1.29 is 4.74 Å². The van der Waals surface area contributed by atoms with Crippen LogP contribution in [0.4, 0.5) is 0 Å². The van der Waals surface area contributed by atoms with Crippen molar-refractivity contribution >= 4 is 0 Å². The van der Waals surface area contributed by atoms with E-state index >= 15 is 0 Å². The summed E-state index contributed by atoms with van der Waals surface area (Å²) in [5.74, 6) is 0.819. The third-order valence-corrected chi connectivity index (χ3v) is 2.14. The van der Waals surface area contributed by atoms with E-state index in [0.717, 1.165) is 31.1 Å². The Labute approximate surface area is 87.1 Å². The Bertz CT molecular complexity index is 176. The fourth-order valence-electron chi connectivity index (χ4n) is 1.23. The molecule has 84 valence electrons. The minimum atomic E-state index is 0.517. The first-order valence-corrected chi connectivity index (χ1v) is 5.14. The Kier molecular flexibility index (Phi) is 7.02. The summed E-state index contributed by atoms with van der Waals surface area (Å²) in [5, 5.41) is 3.23. The van der Waals surface area contributed by atoms with Gasteiger partial charge in [0, 0.05) is 13.1 Å². The Hall–Kier alpha value is -0.900. The first-order chi connectivity index (χ1) is 6.71. The van der Waals surface area contributed by atoms with Gasteiger partial charge in [-0.25, -0.2) is 0 Å². The number of rotatable bonds is 7. The zero-order chi connectivity index (χ0) is 11.0. The molecule has 0 radical (unpaired) electrons. The average molecular weight is 201 g/mol. The summed E-state index contributed by atoms with van der Waals surface area (Å²) in [4.78, 5) is 2.06. The molecule has 0 saturated carbocycles. The summed E-state index contributed by atoms with van der Waals surface area (Å²) < 4.78 is 5.27. The molecular weight excluding hydrogens is 178 g/mol. The normalized spacial score (nSPS) is 12.1. The van der Waals surface area contributed by atoms with E-state index in [9.17, 15) is 0 Å². The summed E-state index contributed by atoms with van der Waals surface area (Å²) in [7, 11) is 1.67. The van der Waals surface area contributed by atoms with Gasteiger partial charge >= 0.3 is 0 Å². The summed E-state index contributed by atoms with van der Waals surface area (Å²) in [6.07, 6.45) is 1.08. The third kappa shape index (κ3) is 3.87. The lowest BCUT2D eigenvalue weighted by molar-refractivity contribution is 0.232. The maximum absolute atomic E-state index is 5.61. The molecule has 3 N–H and O–H groups in total. The molecule has 0 bridgehead atoms. The van der Waals surface area contributed by atoms with Crippen molar-refractivity contribution in [2.75, 3.05) is 26.9 Å². The monoisotopic (exact) mass is 201 g/mol. The fraction of sp³-hybridized carbons (Fsp3) is 0.800. The molecule has 0 spiro atoms. The van der Waals surface area contributed by atoms with Crippen LogP contribution in [0.3, 0.4) is 0 Å². The Morgan fingerprint density at radius 2 is 2.07 bits per heavy atom. The highest BCUT2D eigenvalue weighted by molar-refractivity contribution is 5.02. The van der Waals surface area contributed by atoms with Crippen LogP contribution in [0, 0.1) is 0 Å². The second-order valence-electron chi connectivity index (χ2n) is 3.08. The fourth-order valence-corrected chi connectivity index (χ4v) is 1.23. The van der Waals surface area contributed by atoms with Crippen LogP contribution in [0.5, 0.6) is 0 Å². The Morgan fingerprint density at radius 1 is 1.43 bits per heavy atom. The highest BCUT2D eigenvalue weighted by Gasteiger charge is 2.07. The lowest BCUT2D eigenvalue weighted by Crippen LogP contribution is -2.31. The van der Waals surface area contributed by atoms with E-state index in [4.69, 9.17) is 10.5 Å². The van der Waals surface area contributed by atoms with Crippen LogP contribution in [-0.2, 0) is 4.74 Å². The molecule has 0 saturated heterocycles. The molecule has 0 fully saturated rings. The molecule has 0 amide bonds. The molecule has 0 heterocycles. The number of allylic oxidation sites excluding steroid dienone is 1. The highest BCUT2D eigenvalue weighted by Crippen LogP contribution is 2.06.